The summed E-state index contributed by atoms with van der Waals surface area (Å²) in [6, 6.07) is 2.67. The number of aryl methyl sites for hydroxylation is 2. The quantitative estimate of drug-likeness (QED) is 0.663. The minimum absolute atomic E-state index is 0.0523. The first-order valence-electron chi connectivity index (χ1n) is 7.70. The highest BCUT2D eigenvalue weighted by molar-refractivity contribution is 7.92. The lowest BCUT2D eigenvalue weighted by Crippen LogP contribution is -2.23. The maximum absolute atomic E-state index is 11.2. The van der Waals surface area contributed by atoms with Gasteiger partial charge in [0.1, 0.15) is 5.75 Å². The first-order chi connectivity index (χ1) is 12.9. The number of nitrogens with two attached hydrogens (primary N) is 1. The molecule has 1 aromatic carbocycles. The second-order valence-electron chi connectivity index (χ2n) is 5.73. The van der Waals surface area contributed by atoms with E-state index in [4.69, 9.17) is 42.9 Å². The molecule has 0 aliphatic heterocycles. The van der Waals surface area contributed by atoms with Crippen molar-refractivity contribution in [1.82, 2.24) is 9.78 Å². The van der Waals surface area contributed by atoms with Gasteiger partial charge in [-0.15, -0.1) is 0 Å². The van der Waals surface area contributed by atoms with Gasteiger partial charge in [0, 0.05) is 18.5 Å². The molecule has 0 saturated carbocycles. The lowest BCUT2D eigenvalue weighted by molar-refractivity contribution is -0.144. The third-order valence-corrected chi connectivity index (χ3v) is 4.59. The number of benzene rings is 1. The van der Waals surface area contributed by atoms with Crippen LogP contribution in [0.5, 0.6) is 17.4 Å². The number of sulfonamides is 1. The zero-order chi connectivity index (χ0) is 21.2. The van der Waals surface area contributed by atoms with E-state index in [9.17, 15) is 13.2 Å². The Kier molecular flexibility index (Phi) is 6.60. The second kappa shape index (κ2) is 8.39. The number of ether oxygens (including phenoxy) is 2. The average Bonchev–Trinajstić information content (AvgIpc) is 2.82. The van der Waals surface area contributed by atoms with Gasteiger partial charge in [0.2, 0.25) is 15.9 Å². The van der Waals surface area contributed by atoms with Crippen molar-refractivity contribution in [2.24, 2.45) is 12.2 Å². The molecular weight excluding hydrogens is 433 g/mol. The Morgan fingerprint density at radius 2 is 1.93 bits per heavy atom. The standard InChI is InChI=1S/C16H17Cl2N3O6S/c1-8-10(4-5-28(19,24)25)15(21(3)20-8)27-14-7-13(11(17)6-12(14)18)26-9(2)16(22)23/h4-7,9H,1-3H3,(H,22,23)(H2,19,24,25)/b5-4+/t9-/m0/s1. The summed E-state index contributed by atoms with van der Waals surface area (Å²) < 4.78 is 34.9. The van der Waals surface area contributed by atoms with Crippen molar-refractivity contribution in [3.05, 3.63) is 38.8 Å². The maximum atomic E-state index is 11.2. The minimum Gasteiger partial charge on any atom is -0.479 e. The Bertz CT molecular complexity index is 1050. The van der Waals surface area contributed by atoms with Gasteiger partial charge in [-0.05, 0) is 26.0 Å². The number of aliphatic carboxylic acids is 1. The Morgan fingerprint density at radius 1 is 1.32 bits per heavy atom. The molecule has 28 heavy (non-hydrogen) atoms. The van der Waals surface area contributed by atoms with Gasteiger partial charge < -0.3 is 14.6 Å². The van der Waals surface area contributed by atoms with Crippen LogP contribution in [0.15, 0.2) is 17.5 Å². The molecule has 12 heteroatoms. The van der Waals surface area contributed by atoms with E-state index in [1.54, 1.807) is 14.0 Å². The molecule has 1 aromatic heterocycles. The van der Waals surface area contributed by atoms with Crippen LogP contribution in [-0.4, -0.2) is 35.4 Å². The third-order valence-electron chi connectivity index (χ3n) is 3.48. The van der Waals surface area contributed by atoms with Gasteiger partial charge >= 0.3 is 5.97 Å². The monoisotopic (exact) mass is 449 g/mol. The molecule has 0 spiro atoms. The SMILES string of the molecule is Cc1nn(C)c(Oc2cc(O[C@@H](C)C(=O)O)c(Cl)cc2Cl)c1/C=C/S(N)(=O)=O. The lowest BCUT2D eigenvalue weighted by atomic mass is 10.2. The molecule has 1 heterocycles. The Morgan fingerprint density at radius 3 is 2.50 bits per heavy atom. The molecule has 2 rings (SSSR count). The number of rotatable bonds is 7. The summed E-state index contributed by atoms with van der Waals surface area (Å²) in [4.78, 5) is 11.0. The molecule has 3 N–H and O–H groups in total. The highest BCUT2D eigenvalue weighted by atomic mass is 35.5. The number of carboxylic acid groups (broad SMARTS) is 1. The summed E-state index contributed by atoms with van der Waals surface area (Å²) in [5.41, 5.74) is 0.849. The highest BCUT2D eigenvalue weighted by Crippen LogP contribution is 2.39. The molecule has 2 aromatic rings. The summed E-state index contributed by atoms with van der Waals surface area (Å²) in [7, 11) is -2.27. The first-order valence-corrected chi connectivity index (χ1v) is 10.1. The molecule has 1 atom stereocenters. The largest absolute Gasteiger partial charge is 0.479 e. The normalized spacial score (nSPS) is 12.9. The molecule has 9 nitrogen and oxygen atoms in total. The molecule has 152 valence electrons. The average molecular weight is 450 g/mol. The summed E-state index contributed by atoms with van der Waals surface area (Å²) in [5.74, 6) is -0.839. The van der Waals surface area contributed by atoms with Crippen LogP contribution in [0.1, 0.15) is 18.2 Å². The molecule has 0 amide bonds. The van der Waals surface area contributed by atoms with Crippen molar-refractivity contribution in [3.63, 3.8) is 0 Å². The fourth-order valence-corrected chi connectivity index (χ4v) is 2.95. The summed E-state index contributed by atoms with van der Waals surface area (Å²) in [6.07, 6.45) is 0.0968. The van der Waals surface area contributed by atoms with Crippen LogP contribution in [0, 0.1) is 6.92 Å². The fraction of sp³-hybridized carbons (Fsp3) is 0.250. The number of carbonyl (C=O) groups is 1. The van der Waals surface area contributed by atoms with Gasteiger partial charge in [0.25, 0.3) is 0 Å². The number of halogens is 2. The predicted octanol–water partition coefficient (Wildman–Crippen LogP) is 2.94. The highest BCUT2D eigenvalue weighted by Gasteiger charge is 2.20. The van der Waals surface area contributed by atoms with Crippen LogP contribution in [0.4, 0.5) is 0 Å². The number of aromatic nitrogens is 2. The number of hydrogen-bond donors (Lipinski definition) is 2. The van der Waals surface area contributed by atoms with Crippen molar-refractivity contribution in [3.8, 4) is 17.4 Å². The Hall–Kier alpha value is -2.27. The molecular formula is C16H17Cl2N3O6S. The molecule has 0 bridgehead atoms. The van der Waals surface area contributed by atoms with Gasteiger partial charge in [0.05, 0.1) is 21.3 Å². The Labute approximate surface area is 171 Å². The van der Waals surface area contributed by atoms with Crippen LogP contribution >= 0.6 is 23.2 Å². The van der Waals surface area contributed by atoms with Crippen LogP contribution < -0.4 is 14.6 Å². The van der Waals surface area contributed by atoms with Gasteiger partial charge in [-0.1, -0.05) is 23.2 Å². The molecule has 0 radical (unpaired) electrons. The minimum atomic E-state index is -3.85. The van der Waals surface area contributed by atoms with E-state index in [1.165, 1.54) is 29.8 Å². The zero-order valence-corrected chi connectivity index (χ0v) is 17.3. The first kappa shape index (κ1) is 22.0. The second-order valence-corrected chi connectivity index (χ2v) is 8.00. The summed E-state index contributed by atoms with van der Waals surface area (Å²) >= 11 is 12.2. The van der Waals surface area contributed by atoms with E-state index in [0.29, 0.717) is 11.3 Å². The summed E-state index contributed by atoms with van der Waals surface area (Å²) in [5, 5.41) is 19.2. The van der Waals surface area contributed by atoms with Gasteiger partial charge in [0.15, 0.2) is 11.9 Å². The molecule has 0 aliphatic carbocycles. The number of nitrogens with zero attached hydrogens (tertiary/aromatic N) is 2. The van der Waals surface area contributed by atoms with Crippen LogP contribution in [0.2, 0.25) is 10.0 Å². The number of hydrogen-bond acceptors (Lipinski definition) is 6. The van der Waals surface area contributed by atoms with Crippen LogP contribution in [-0.2, 0) is 21.9 Å². The van der Waals surface area contributed by atoms with Crippen molar-refractivity contribution in [1.29, 1.82) is 0 Å². The van der Waals surface area contributed by atoms with Gasteiger partial charge in [-0.3, -0.25) is 0 Å². The van der Waals surface area contributed by atoms with E-state index in [-0.39, 0.29) is 27.4 Å². The van der Waals surface area contributed by atoms with Crippen LogP contribution in [0.3, 0.4) is 0 Å². The van der Waals surface area contributed by atoms with E-state index >= 15 is 0 Å². The van der Waals surface area contributed by atoms with E-state index in [1.807, 2.05) is 0 Å². The van der Waals surface area contributed by atoms with Crippen LogP contribution in [0.25, 0.3) is 6.08 Å². The molecule has 0 saturated heterocycles. The van der Waals surface area contributed by atoms with Gasteiger partial charge in [-0.25, -0.2) is 23.0 Å². The zero-order valence-electron chi connectivity index (χ0n) is 15.0. The Balaban J connectivity index is 2.46. The smallest absolute Gasteiger partial charge is 0.344 e. The maximum Gasteiger partial charge on any atom is 0.344 e. The predicted molar refractivity (Wildman–Crippen MR) is 104 cm³/mol. The van der Waals surface area contributed by atoms with E-state index in [2.05, 4.69) is 5.10 Å². The van der Waals surface area contributed by atoms with Crippen molar-refractivity contribution in [2.75, 3.05) is 0 Å². The van der Waals surface area contributed by atoms with Crippen molar-refractivity contribution in [2.45, 2.75) is 20.0 Å². The topological polar surface area (TPSA) is 134 Å². The fourth-order valence-electron chi connectivity index (χ4n) is 2.15. The van der Waals surface area contributed by atoms with E-state index < -0.39 is 22.1 Å². The molecule has 0 aliphatic rings. The van der Waals surface area contributed by atoms with Gasteiger partial charge in [-0.2, -0.15) is 5.10 Å². The molecule has 0 fully saturated rings. The third kappa shape index (κ3) is 5.38. The lowest BCUT2D eigenvalue weighted by Gasteiger charge is -2.15. The van der Waals surface area contributed by atoms with E-state index in [0.717, 1.165) is 5.41 Å². The molecule has 0 unspecified atom stereocenters. The van der Waals surface area contributed by atoms with Crippen molar-refractivity contribution < 1.29 is 27.8 Å². The summed E-state index contributed by atoms with van der Waals surface area (Å²) in [6.45, 7) is 3.00. The number of primary sulfonamides is 1. The number of carboxylic acids is 1. The van der Waals surface area contributed by atoms with Crippen molar-refractivity contribution >= 4 is 45.3 Å².